The summed E-state index contributed by atoms with van der Waals surface area (Å²) in [4.78, 5) is 2.24. The van der Waals surface area contributed by atoms with Crippen molar-refractivity contribution in [2.75, 3.05) is 27.2 Å². The summed E-state index contributed by atoms with van der Waals surface area (Å²) in [7, 11) is 4.25. The smallest absolute Gasteiger partial charge is 0.0291 e. The highest BCUT2D eigenvalue weighted by Crippen LogP contribution is 2.12. The molecule has 1 unspecified atom stereocenters. The van der Waals surface area contributed by atoms with E-state index in [0.29, 0.717) is 6.04 Å². The van der Waals surface area contributed by atoms with Gasteiger partial charge in [-0.15, -0.1) is 0 Å². The molecule has 0 aliphatic carbocycles. The van der Waals surface area contributed by atoms with Crippen molar-refractivity contribution in [3.05, 3.63) is 35.4 Å². The number of hydrogen-bond donors (Lipinski definition) is 1. The second kappa shape index (κ2) is 7.46. The van der Waals surface area contributed by atoms with Gasteiger partial charge in [-0.2, -0.15) is 0 Å². The number of nitrogens with zero attached hydrogens (tertiary/aromatic N) is 1. The summed E-state index contributed by atoms with van der Waals surface area (Å²) in [5.74, 6) is 0. The van der Waals surface area contributed by atoms with Gasteiger partial charge in [0.15, 0.2) is 0 Å². The minimum Gasteiger partial charge on any atom is -0.310 e. The normalized spacial score (nSPS) is 13.0. The highest BCUT2D eigenvalue weighted by Gasteiger charge is 2.03. The molecule has 96 valence electrons. The average Bonchev–Trinajstić information content (AvgIpc) is 2.29. The first kappa shape index (κ1) is 14.2. The summed E-state index contributed by atoms with van der Waals surface area (Å²) in [6.45, 7) is 6.64. The molecule has 0 aliphatic heterocycles. The van der Waals surface area contributed by atoms with Crippen molar-refractivity contribution in [1.29, 1.82) is 0 Å². The number of unbranched alkanes of at least 4 members (excludes halogenated alkanes) is 1. The molecule has 1 aromatic rings. The van der Waals surface area contributed by atoms with Gasteiger partial charge in [-0.05, 0) is 59.4 Å². The zero-order valence-electron chi connectivity index (χ0n) is 11.7. The molecule has 0 amide bonds. The fourth-order valence-corrected chi connectivity index (χ4v) is 1.84. The Morgan fingerprint density at radius 2 is 1.76 bits per heavy atom. The van der Waals surface area contributed by atoms with Gasteiger partial charge in [0.1, 0.15) is 0 Å². The third-order valence-corrected chi connectivity index (χ3v) is 3.06. The second-order valence-corrected chi connectivity index (χ2v) is 5.10. The Bertz CT molecular complexity index is 303. The summed E-state index contributed by atoms with van der Waals surface area (Å²) in [5.41, 5.74) is 2.70. The lowest BCUT2D eigenvalue weighted by molar-refractivity contribution is 0.389. The van der Waals surface area contributed by atoms with E-state index >= 15 is 0 Å². The van der Waals surface area contributed by atoms with Gasteiger partial charge in [-0.3, -0.25) is 0 Å². The van der Waals surface area contributed by atoms with Gasteiger partial charge in [-0.25, -0.2) is 0 Å². The molecule has 0 radical (unpaired) electrons. The van der Waals surface area contributed by atoms with Gasteiger partial charge in [0.25, 0.3) is 0 Å². The Hall–Kier alpha value is -0.860. The summed E-state index contributed by atoms with van der Waals surface area (Å²) >= 11 is 0. The zero-order valence-corrected chi connectivity index (χ0v) is 11.7. The van der Waals surface area contributed by atoms with Crippen LogP contribution in [0.5, 0.6) is 0 Å². The summed E-state index contributed by atoms with van der Waals surface area (Å²) in [5, 5.41) is 3.57. The Labute approximate surface area is 106 Å². The van der Waals surface area contributed by atoms with E-state index < -0.39 is 0 Å². The predicted molar refractivity (Wildman–Crippen MR) is 75.4 cm³/mol. The predicted octanol–water partition coefficient (Wildman–Crippen LogP) is 2.99. The summed E-state index contributed by atoms with van der Waals surface area (Å²) in [6, 6.07) is 9.24. The first-order chi connectivity index (χ1) is 8.09. The fraction of sp³-hybridized carbons (Fsp3) is 0.600. The van der Waals surface area contributed by atoms with E-state index in [1.807, 2.05) is 0 Å². The molecule has 1 rings (SSSR count). The standard InChI is InChI=1S/C15H26N2/c1-13-7-9-15(10-8-13)14(2)16-11-5-6-12-17(3)4/h7-10,14,16H,5-6,11-12H2,1-4H3. The Morgan fingerprint density at radius 3 is 2.35 bits per heavy atom. The first-order valence-electron chi connectivity index (χ1n) is 6.54. The van der Waals surface area contributed by atoms with E-state index in [-0.39, 0.29) is 0 Å². The molecule has 0 aromatic heterocycles. The molecule has 2 heteroatoms. The molecular formula is C15H26N2. The molecule has 1 aromatic carbocycles. The van der Waals surface area contributed by atoms with E-state index in [1.165, 1.54) is 30.5 Å². The van der Waals surface area contributed by atoms with Crippen molar-refractivity contribution in [3.63, 3.8) is 0 Å². The number of aryl methyl sites for hydroxylation is 1. The molecular weight excluding hydrogens is 208 g/mol. The van der Waals surface area contributed by atoms with Crippen LogP contribution in [0.1, 0.15) is 36.9 Å². The molecule has 17 heavy (non-hydrogen) atoms. The van der Waals surface area contributed by atoms with Crippen molar-refractivity contribution in [2.45, 2.75) is 32.7 Å². The maximum atomic E-state index is 3.57. The van der Waals surface area contributed by atoms with Crippen LogP contribution in [0.3, 0.4) is 0 Å². The Balaban J connectivity index is 2.21. The van der Waals surface area contributed by atoms with Crippen LogP contribution >= 0.6 is 0 Å². The average molecular weight is 234 g/mol. The minimum atomic E-state index is 0.454. The quantitative estimate of drug-likeness (QED) is 0.730. The van der Waals surface area contributed by atoms with Crippen LogP contribution < -0.4 is 5.32 Å². The number of benzene rings is 1. The molecule has 0 heterocycles. The summed E-state index contributed by atoms with van der Waals surface area (Å²) < 4.78 is 0. The van der Waals surface area contributed by atoms with Gasteiger partial charge >= 0.3 is 0 Å². The third kappa shape index (κ3) is 5.85. The molecule has 1 N–H and O–H groups in total. The first-order valence-corrected chi connectivity index (χ1v) is 6.54. The second-order valence-electron chi connectivity index (χ2n) is 5.10. The van der Waals surface area contributed by atoms with Crippen LogP contribution in [-0.4, -0.2) is 32.1 Å². The molecule has 0 aliphatic rings. The molecule has 0 spiro atoms. The van der Waals surface area contributed by atoms with E-state index in [9.17, 15) is 0 Å². The van der Waals surface area contributed by atoms with Crippen LogP contribution in [0.4, 0.5) is 0 Å². The number of nitrogens with one attached hydrogen (secondary N) is 1. The molecule has 0 saturated carbocycles. The topological polar surface area (TPSA) is 15.3 Å². The monoisotopic (exact) mass is 234 g/mol. The van der Waals surface area contributed by atoms with Gasteiger partial charge in [0.05, 0.1) is 0 Å². The lowest BCUT2D eigenvalue weighted by Gasteiger charge is -2.15. The minimum absolute atomic E-state index is 0.454. The molecule has 0 bridgehead atoms. The zero-order chi connectivity index (χ0) is 12.7. The maximum absolute atomic E-state index is 3.57. The Kier molecular flexibility index (Phi) is 6.23. The van der Waals surface area contributed by atoms with Gasteiger partial charge in [0.2, 0.25) is 0 Å². The third-order valence-electron chi connectivity index (χ3n) is 3.06. The fourth-order valence-electron chi connectivity index (χ4n) is 1.84. The highest BCUT2D eigenvalue weighted by molar-refractivity contribution is 5.23. The largest absolute Gasteiger partial charge is 0.310 e. The van der Waals surface area contributed by atoms with E-state index in [4.69, 9.17) is 0 Å². The number of hydrogen-bond acceptors (Lipinski definition) is 2. The van der Waals surface area contributed by atoms with Gasteiger partial charge in [0, 0.05) is 6.04 Å². The van der Waals surface area contributed by atoms with E-state index in [2.05, 4.69) is 62.4 Å². The van der Waals surface area contributed by atoms with Gasteiger partial charge < -0.3 is 10.2 Å². The number of rotatable bonds is 7. The summed E-state index contributed by atoms with van der Waals surface area (Å²) in [6.07, 6.45) is 2.51. The van der Waals surface area contributed by atoms with Crippen molar-refractivity contribution in [3.8, 4) is 0 Å². The molecule has 2 nitrogen and oxygen atoms in total. The van der Waals surface area contributed by atoms with E-state index in [0.717, 1.165) is 6.54 Å². The van der Waals surface area contributed by atoms with Crippen LogP contribution in [0.25, 0.3) is 0 Å². The van der Waals surface area contributed by atoms with Crippen LogP contribution in [-0.2, 0) is 0 Å². The van der Waals surface area contributed by atoms with Crippen LogP contribution in [0, 0.1) is 6.92 Å². The Morgan fingerprint density at radius 1 is 1.12 bits per heavy atom. The van der Waals surface area contributed by atoms with Crippen molar-refractivity contribution in [2.24, 2.45) is 0 Å². The van der Waals surface area contributed by atoms with Crippen LogP contribution in [0.2, 0.25) is 0 Å². The SMILES string of the molecule is Cc1ccc(C(C)NCCCCN(C)C)cc1. The van der Waals surface area contributed by atoms with Crippen molar-refractivity contribution >= 4 is 0 Å². The van der Waals surface area contributed by atoms with Gasteiger partial charge in [-0.1, -0.05) is 29.8 Å². The maximum Gasteiger partial charge on any atom is 0.0291 e. The van der Waals surface area contributed by atoms with Crippen molar-refractivity contribution in [1.82, 2.24) is 10.2 Å². The lowest BCUT2D eigenvalue weighted by Crippen LogP contribution is -2.21. The molecule has 1 atom stereocenters. The molecule has 0 saturated heterocycles. The lowest BCUT2D eigenvalue weighted by atomic mass is 10.1. The highest BCUT2D eigenvalue weighted by atomic mass is 15.0. The van der Waals surface area contributed by atoms with Crippen LogP contribution in [0.15, 0.2) is 24.3 Å². The van der Waals surface area contributed by atoms with E-state index in [1.54, 1.807) is 0 Å². The molecule has 0 fully saturated rings. The van der Waals surface area contributed by atoms with Crippen molar-refractivity contribution < 1.29 is 0 Å².